The molecule has 0 aromatic carbocycles. The predicted octanol–water partition coefficient (Wildman–Crippen LogP) is 1.13. The summed E-state index contributed by atoms with van der Waals surface area (Å²) in [6.45, 7) is 1.65. The number of rotatable bonds is 4. The van der Waals surface area contributed by atoms with Crippen molar-refractivity contribution in [2.45, 2.75) is 18.9 Å². The summed E-state index contributed by atoms with van der Waals surface area (Å²) >= 11 is 0. The summed E-state index contributed by atoms with van der Waals surface area (Å²) in [5.41, 5.74) is 6.79. The number of oxazole rings is 1. The molecule has 1 amide bonds. The van der Waals surface area contributed by atoms with Gasteiger partial charge in [0.15, 0.2) is 6.39 Å². The zero-order chi connectivity index (χ0) is 15.4. The van der Waals surface area contributed by atoms with Gasteiger partial charge in [-0.1, -0.05) is 0 Å². The number of carbonyl (C=O) groups is 1. The summed E-state index contributed by atoms with van der Waals surface area (Å²) in [5, 5.41) is 0. The van der Waals surface area contributed by atoms with Crippen LogP contribution in [0, 0.1) is 0 Å². The first-order valence-electron chi connectivity index (χ1n) is 7.22. The number of aryl methyl sites for hydroxylation is 1. The zero-order valence-electron chi connectivity index (χ0n) is 12.1. The molecule has 7 nitrogen and oxygen atoms in total. The molecule has 0 bridgehead atoms. The molecule has 22 heavy (non-hydrogen) atoms. The fourth-order valence-corrected chi connectivity index (χ4v) is 2.53. The monoisotopic (exact) mass is 302 g/mol. The minimum atomic E-state index is -0.140. The van der Waals surface area contributed by atoms with Gasteiger partial charge in [-0.15, -0.1) is 0 Å². The highest BCUT2D eigenvalue weighted by Gasteiger charge is 2.26. The summed E-state index contributed by atoms with van der Waals surface area (Å²) in [7, 11) is 0. The van der Waals surface area contributed by atoms with Crippen molar-refractivity contribution in [2.75, 3.05) is 25.4 Å². The Morgan fingerprint density at radius 1 is 1.50 bits per heavy atom. The van der Waals surface area contributed by atoms with E-state index < -0.39 is 0 Å². The van der Waals surface area contributed by atoms with Crippen molar-refractivity contribution >= 4 is 11.7 Å². The van der Waals surface area contributed by atoms with Crippen molar-refractivity contribution in [1.29, 1.82) is 0 Å². The molecule has 2 aromatic heterocycles. The average Bonchev–Trinajstić information content (AvgIpc) is 3.07. The highest BCUT2D eigenvalue weighted by atomic mass is 16.5. The third kappa shape index (κ3) is 3.43. The minimum absolute atomic E-state index is 0.00927. The second kappa shape index (κ2) is 6.57. The molecule has 116 valence electrons. The summed E-state index contributed by atoms with van der Waals surface area (Å²) in [5.74, 6) is 0.644. The van der Waals surface area contributed by atoms with E-state index in [0.29, 0.717) is 25.5 Å². The number of ether oxygens (including phenoxy) is 1. The van der Waals surface area contributed by atoms with Crippen molar-refractivity contribution in [2.24, 2.45) is 0 Å². The largest absolute Gasteiger partial charge is 0.438 e. The van der Waals surface area contributed by atoms with Crippen LogP contribution in [0.2, 0.25) is 0 Å². The maximum absolute atomic E-state index is 12.2. The molecule has 2 aromatic rings. The quantitative estimate of drug-likeness (QED) is 0.909. The van der Waals surface area contributed by atoms with Crippen LogP contribution in [0.25, 0.3) is 0 Å². The van der Waals surface area contributed by atoms with Crippen LogP contribution >= 0.6 is 0 Å². The summed E-state index contributed by atoms with van der Waals surface area (Å²) in [6, 6.07) is 3.80. The molecule has 1 atom stereocenters. The molecule has 1 aliphatic heterocycles. The number of amides is 1. The van der Waals surface area contributed by atoms with Gasteiger partial charge in [-0.05, 0) is 30.5 Å². The lowest BCUT2D eigenvalue weighted by Crippen LogP contribution is -2.45. The van der Waals surface area contributed by atoms with Gasteiger partial charge in [-0.3, -0.25) is 4.79 Å². The lowest BCUT2D eigenvalue weighted by molar-refractivity contribution is -0.0255. The van der Waals surface area contributed by atoms with E-state index in [2.05, 4.69) is 9.97 Å². The molecular formula is C15H18N4O3. The van der Waals surface area contributed by atoms with E-state index in [0.717, 1.165) is 18.4 Å². The van der Waals surface area contributed by atoms with Crippen molar-refractivity contribution in [3.05, 3.63) is 42.2 Å². The molecule has 2 N–H and O–H groups in total. The topological polar surface area (TPSA) is 94.5 Å². The van der Waals surface area contributed by atoms with E-state index in [4.69, 9.17) is 14.9 Å². The second-order valence-corrected chi connectivity index (χ2v) is 5.24. The number of pyridine rings is 1. The minimum Gasteiger partial charge on any atom is -0.438 e. The normalized spacial score (nSPS) is 18.4. The van der Waals surface area contributed by atoms with E-state index in [9.17, 15) is 4.79 Å². The standard InChI is InChI=1S/C15H18N4O3/c16-14-7-11(3-4-18-14)1-2-12-9-19(5-6-21-12)15(20)13-8-17-10-22-13/h3-4,7-8,10,12H,1-2,5-6,9H2,(H2,16,18). The van der Waals surface area contributed by atoms with E-state index in [1.807, 2.05) is 12.1 Å². The van der Waals surface area contributed by atoms with Crippen molar-refractivity contribution in [3.63, 3.8) is 0 Å². The Bertz CT molecular complexity index is 629. The number of anilines is 1. The van der Waals surface area contributed by atoms with E-state index >= 15 is 0 Å². The van der Waals surface area contributed by atoms with Gasteiger partial charge in [-0.25, -0.2) is 9.97 Å². The number of hydrogen-bond acceptors (Lipinski definition) is 6. The van der Waals surface area contributed by atoms with E-state index in [-0.39, 0.29) is 17.8 Å². The second-order valence-electron chi connectivity index (χ2n) is 5.24. The molecule has 1 unspecified atom stereocenters. The number of nitrogens with zero attached hydrogens (tertiary/aromatic N) is 3. The first-order chi connectivity index (χ1) is 10.7. The molecule has 3 rings (SSSR count). The highest BCUT2D eigenvalue weighted by molar-refractivity contribution is 5.91. The molecule has 0 saturated carbocycles. The molecular weight excluding hydrogens is 284 g/mol. The Kier molecular flexibility index (Phi) is 4.34. The van der Waals surface area contributed by atoms with Crippen LogP contribution in [0.4, 0.5) is 5.82 Å². The van der Waals surface area contributed by atoms with Gasteiger partial charge >= 0.3 is 0 Å². The number of carbonyl (C=O) groups excluding carboxylic acids is 1. The van der Waals surface area contributed by atoms with Crippen LogP contribution in [0.5, 0.6) is 0 Å². The number of aromatic nitrogens is 2. The highest BCUT2D eigenvalue weighted by Crippen LogP contribution is 2.15. The van der Waals surface area contributed by atoms with E-state index in [1.54, 1.807) is 11.1 Å². The maximum atomic E-state index is 12.2. The lowest BCUT2D eigenvalue weighted by atomic mass is 10.1. The molecule has 1 aliphatic rings. The summed E-state index contributed by atoms with van der Waals surface area (Å²) < 4.78 is 10.8. The third-order valence-electron chi connectivity index (χ3n) is 3.67. The number of nitrogen functional groups attached to an aromatic ring is 1. The van der Waals surface area contributed by atoms with Gasteiger partial charge in [0.25, 0.3) is 5.91 Å². The van der Waals surface area contributed by atoms with Crippen LogP contribution in [-0.2, 0) is 11.2 Å². The van der Waals surface area contributed by atoms with Crippen LogP contribution in [0.3, 0.4) is 0 Å². The van der Waals surface area contributed by atoms with Gasteiger partial charge < -0.3 is 19.8 Å². The van der Waals surface area contributed by atoms with Gasteiger partial charge in [0, 0.05) is 19.3 Å². The van der Waals surface area contributed by atoms with E-state index in [1.165, 1.54) is 12.6 Å². The SMILES string of the molecule is Nc1cc(CCC2CN(C(=O)c3cnco3)CCO2)ccn1. The molecule has 0 radical (unpaired) electrons. The fraction of sp³-hybridized carbons (Fsp3) is 0.400. The van der Waals surface area contributed by atoms with Crippen LogP contribution in [-0.4, -0.2) is 46.6 Å². The lowest BCUT2D eigenvalue weighted by Gasteiger charge is -2.32. The molecule has 1 fully saturated rings. The van der Waals surface area contributed by atoms with Crippen LogP contribution in [0.1, 0.15) is 22.5 Å². The van der Waals surface area contributed by atoms with Crippen LogP contribution in [0.15, 0.2) is 35.3 Å². The number of hydrogen-bond donors (Lipinski definition) is 1. The average molecular weight is 302 g/mol. The number of morpholine rings is 1. The van der Waals surface area contributed by atoms with Crippen molar-refractivity contribution < 1.29 is 13.9 Å². The first-order valence-corrected chi connectivity index (χ1v) is 7.22. The smallest absolute Gasteiger partial charge is 0.291 e. The first kappa shape index (κ1) is 14.5. The number of nitrogens with two attached hydrogens (primary N) is 1. The van der Waals surface area contributed by atoms with Gasteiger partial charge in [-0.2, -0.15) is 0 Å². The third-order valence-corrected chi connectivity index (χ3v) is 3.67. The predicted molar refractivity (Wildman–Crippen MR) is 79.1 cm³/mol. The molecule has 0 spiro atoms. The summed E-state index contributed by atoms with van der Waals surface area (Å²) in [6.07, 6.45) is 6.07. The Morgan fingerprint density at radius 3 is 3.18 bits per heavy atom. The summed E-state index contributed by atoms with van der Waals surface area (Å²) in [4.78, 5) is 21.7. The van der Waals surface area contributed by atoms with Crippen molar-refractivity contribution in [1.82, 2.24) is 14.9 Å². The Morgan fingerprint density at radius 2 is 2.41 bits per heavy atom. The van der Waals surface area contributed by atoms with Gasteiger partial charge in [0.05, 0.1) is 18.9 Å². The van der Waals surface area contributed by atoms with Crippen LogP contribution < -0.4 is 5.73 Å². The van der Waals surface area contributed by atoms with Crippen molar-refractivity contribution in [3.8, 4) is 0 Å². The molecule has 1 saturated heterocycles. The van der Waals surface area contributed by atoms with Gasteiger partial charge in [0.1, 0.15) is 5.82 Å². The molecule has 7 heteroatoms. The van der Waals surface area contributed by atoms with Gasteiger partial charge in [0.2, 0.25) is 5.76 Å². The Balaban J connectivity index is 1.55. The Labute approximate surface area is 128 Å². The molecule has 0 aliphatic carbocycles. The fourth-order valence-electron chi connectivity index (χ4n) is 2.53. The zero-order valence-corrected chi connectivity index (χ0v) is 12.1. The Hall–Kier alpha value is -2.41. The maximum Gasteiger partial charge on any atom is 0.291 e. The molecule has 3 heterocycles.